The van der Waals surface area contributed by atoms with Crippen molar-refractivity contribution in [2.45, 2.75) is 13.1 Å². The van der Waals surface area contributed by atoms with Crippen LogP contribution in [0.4, 0.5) is 4.39 Å². The van der Waals surface area contributed by atoms with E-state index in [0.29, 0.717) is 17.2 Å². The molecular weight excluding hydrogens is 285 g/mol. The van der Waals surface area contributed by atoms with Gasteiger partial charge in [0.05, 0.1) is 22.8 Å². The number of rotatable bonds is 6. The number of hydrogen-bond donors (Lipinski definition) is 1. The lowest BCUT2D eigenvalue weighted by atomic mass is 10.2. The predicted molar refractivity (Wildman–Crippen MR) is 68.4 cm³/mol. The first-order valence-electron chi connectivity index (χ1n) is 6.05. The molecule has 0 aliphatic rings. The Balaban J connectivity index is 2.17. The molecule has 1 aromatic carbocycles. The van der Waals surface area contributed by atoms with E-state index >= 15 is 0 Å². The molecule has 4 nitrogen and oxygen atoms in total. The van der Waals surface area contributed by atoms with E-state index in [2.05, 4.69) is 0 Å². The van der Waals surface area contributed by atoms with Crippen molar-refractivity contribution in [3.05, 3.63) is 58.8 Å². The molecule has 0 fully saturated rings. The third kappa shape index (κ3) is 3.82. The number of carboxylic acid groups (broad SMARTS) is 1. The maximum atomic E-state index is 13.7. The van der Waals surface area contributed by atoms with E-state index in [-0.39, 0.29) is 23.7 Å². The van der Waals surface area contributed by atoms with Gasteiger partial charge in [0.2, 0.25) is 0 Å². The predicted octanol–water partition coefficient (Wildman–Crippen LogP) is 0.407. The van der Waals surface area contributed by atoms with Crippen LogP contribution in [0.1, 0.15) is 11.3 Å². The number of benzene rings is 1. The maximum Gasteiger partial charge on any atom is 0.157 e. The van der Waals surface area contributed by atoms with Gasteiger partial charge in [-0.2, -0.15) is 0 Å². The van der Waals surface area contributed by atoms with E-state index in [1.54, 1.807) is 18.2 Å². The van der Waals surface area contributed by atoms with Crippen molar-refractivity contribution >= 4 is 17.6 Å². The van der Waals surface area contributed by atoms with Crippen molar-refractivity contribution in [3.63, 3.8) is 0 Å². The second-order valence-electron chi connectivity index (χ2n) is 4.43. The zero-order valence-electron chi connectivity index (χ0n) is 10.6. The van der Waals surface area contributed by atoms with Crippen molar-refractivity contribution in [2.24, 2.45) is 0 Å². The fourth-order valence-corrected chi connectivity index (χ4v) is 2.23. The van der Waals surface area contributed by atoms with Gasteiger partial charge in [-0.1, -0.05) is 17.7 Å². The molecule has 0 saturated heterocycles. The first kappa shape index (κ1) is 14.6. The highest BCUT2D eigenvalue weighted by molar-refractivity contribution is 6.31. The van der Waals surface area contributed by atoms with Crippen LogP contribution >= 0.6 is 11.6 Å². The highest BCUT2D eigenvalue weighted by Gasteiger charge is 2.17. The Morgan fingerprint density at radius 3 is 2.70 bits per heavy atom. The number of halogens is 2. The van der Waals surface area contributed by atoms with E-state index in [0.717, 1.165) is 0 Å². The van der Waals surface area contributed by atoms with Crippen LogP contribution < -0.4 is 10.0 Å². The Morgan fingerprint density at radius 2 is 2.10 bits per heavy atom. The Hall–Kier alpha value is -1.85. The number of hydrogen-bond acceptors (Lipinski definition) is 3. The number of quaternary nitrogens is 1. The molecular formula is C14H13ClFNO3. The minimum Gasteiger partial charge on any atom is -0.544 e. The summed E-state index contributed by atoms with van der Waals surface area (Å²) in [6.45, 7) is 0.192. The average molecular weight is 298 g/mol. The Bertz CT molecular complexity index is 566. The summed E-state index contributed by atoms with van der Waals surface area (Å²) in [5.74, 6) is -1.04. The summed E-state index contributed by atoms with van der Waals surface area (Å²) in [6, 6.07) is 7.82. The van der Waals surface area contributed by atoms with Crippen molar-refractivity contribution in [2.75, 3.05) is 6.54 Å². The van der Waals surface area contributed by atoms with Crippen LogP contribution in [0.25, 0.3) is 0 Å². The molecule has 1 atom stereocenters. The van der Waals surface area contributed by atoms with Crippen molar-refractivity contribution in [3.8, 4) is 0 Å². The fourth-order valence-electron chi connectivity index (χ4n) is 2.00. The minimum absolute atomic E-state index is 0.139. The van der Waals surface area contributed by atoms with Crippen molar-refractivity contribution in [1.82, 2.24) is 0 Å². The number of carboxylic acids is 1. The molecule has 6 heteroatoms. The fraction of sp³-hybridized carbons (Fsp3) is 0.214. The summed E-state index contributed by atoms with van der Waals surface area (Å²) >= 11 is 5.95. The smallest absolute Gasteiger partial charge is 0.157 e. The largest absolute Gasteiger partial charge is 0.544 e. The Labute approximate surface area is 120 Å². The molecule has 0 saturated carbocycles. The van der Waals surface area contributed by atoms with Crippen LogP contribution in [0.5, 0.6) is 0 Å². The standard InChI is InChI=1S/C14H13ClFNO3/c15-12-4-1-5-13(16)11(12)8-17(9-14(18)19)7-10-3-2-6-20-10/h1-6H,7-9H2,(H,18,19). The minimum atomic E-state index is -1.21. The monoisotopic (exact) mass is 297 g/mol. The molecule has 2 aromatic rings. The highest BCUT2D eigenvalue weighted by atomic mass is 35.5. The molecule has 0 amide bonds. The molecule has 106 valence electrons. The first-order valence-corrected chi connectivity index (χ1v) is 6.42. The van der Waals surface area contributed by atoms with Gasteiger partial charge in [0.25, 0.3) is 0 Å². The van der Waals surface area contributed by atoms with Crippen molar-refractivity contribution in [1.29, 1.82) is 0 Å². The summed E-state index contributed by atoms with van der Waals surface area (Å²) in [7, 11) is 0. The summed E-state index contributed by atoms with van der Waals surface area (Å²) in [6.07, 6.45) is 1.50. The van der Waals surface area contributed by atoms with E-state index in [1.165, 1.54) is 18.4 Å². The second-order valence-corrected chi connectivity index (χ2v) is 4.84. The lowest BCUT2D eigenvalue weighted by Crippen LogP contribution is -3.10. The molecule has 0 spiro atoms. The van der Waals surface area contributed by atoms with Gasteiger partial charge in [0.1, 0.15) is 25.5 Å². The van der Waals surface area contributed by atoms with Gasteiger partial charge >= 0.3 is 0 Å². The lowest BCUT2D eigenvalue weighted by molar-refractivity contribution is -0.923. The molecule has 20 heavy (non-hydrogen) atoms. The maximum absolute atomic E-state index is 13.7. The Morgan fingerprint density at radius 1 is 1.30 bits per heavy atom. The summed E-state index contributed by atoms with van der Waals surface area (Å²) < 4.78 is 18.9. The van der Waals surface area contributed by atoms with Crippen molar-refractivity contribution < 1.29 is 23.6 Å². The van der Waals surface area contributed by atoms with Gasteiger partial charge < -0.3 is 19.2 Å². The normalized spacial score (nSPS) is 12.3. The van der Waals surface area contributed by atoms with Crippen LogP contribution in [-0.4, -0.2) is 12.5 Å². The number of carbonyl (C=O) groups excluding carboxylic acids is 1. The zero-order valence-corrected chi connectivity index (χ0v) is 11.3. The summed E-state index contributed by atoms with van der Waals surface area (Å²) in [4.78, 5) is 11.4. The SMILES string of the molecule is O=C([O-])C[NH+](Cc1ccco1)Cc1c(F)cccc1Cl. The third-order valence-corrected chi connectivity index (χ3v) is 3.24. The van der Waals surface area contributed by atoms with Gasteiger partial charge in [-0.25, -0.2) is 4.39 Å². The molecule has 2 rings (SSSR count). The van der Waals surface area contributed by atoms with Gasteiger partial charge in [0, 0.05) is 0 Å². The lowest BCUT2D eigenvalue weighted by Gasteiger charge is -2.19. The molecule has 0 bridgehead atoms. The van der Waals surface area contributed by atoms with Crippen LogP contribution in [-0.2, 0) is 17.9 Å². The topological polar surface area (TPSA) is 57.7 Å². The van der Waals surface area contributed by atoms with Gasteiger partial charge in [0.15, 0.2) is 5.76 Å². The van der Waals surface area contributed by atoms with Gasteiger partial charge in [-0.05, 0) is 24.3 Å². The molecule has 0 aliphatic carbocycles. The molecule has 1 N–H and O–H groups in total. The quantitative estimate of drug-likeness (QED) is 0.840. The second kappa shape index (κ2) is 6.54. The summed E-state index contributed by atoms with van der Waals surface area (Å²) in [5, 5.41) is 11.1. The average Bonchev–Trinajstić information content (AvgIpc) is 2.86. The Kier molecular flexibility index (Phi) is 4.76. The van der Waals surface area contributed by atoms with E-state index in [1.807, 2.05) is 0 Å². The van der Waals surface area contributed by atoms with Crippen LogP contribution in [0.3, 0.4) is 0 Å². The number of carbonyl (C=O) groups is 1. The third-order valence-electron chi connectivity index (χ3n) is 2.89. The molecule has 0 aliphatic heterocycles. The van der Waals surface area contributed by atoms with Gasteiger partial charge in [-0.15, -0.1) is 0 Å². The van der Waals surface area contributed by atoms with Crippen LogP contribution in [0.15, 0.2) is 41.0 Å². The summed E-state index contributed by atoms with van der Waals surface area (Å²) in [5.41, 5.74) is 0.289. The van der Waals surface area contributed by atoms with E-state index in [4.69, 9.17) is 16.0 Å². The number of nitrogens with one attached hydrogen (secondary N) is 1. The highest BCUT2D eigenvalue weighted by Crippen LogP contribution is 2.17. The number of furan rings is 1. The van der Waals surface area contributed by atoms with Crippen LogP contribution in [0.2, 0.25) is 5.02 Å². The molecule has 1 unspecified atom stereocenters. The van der Waals surface area contributed by atoms with Gasteiger partial charge in [-0.3, -0.25) is 0 Å². The molecule has 1 aromatic heterocycles. The molecule has 1 heterocycles. The molecule has 0 radical (unpaired) electrons. The van der Waals surface area contributed by atoms with E-state index in [9.17, 15) is 14.3 Å². The number of aliphatic carboxylic acids is 1. The van der Waals surface area contributed by atoms with Crippen LogP contribution in [0, 0.1) is 5.82 Å². The van der Waals surface area contributed by atoms with E-state index < -0.39 is 11.8 Å². The zero-order chi connectivity index (χ0) is 14.5. The first-order chi connectivity index (χ1) is 9.56.